The van der Waals surface area contributed by atoms with Gasteiger partial charge in [0.2, 0.25) is 11.8 Å². The van der Waals surface area contributed by atoms with Gasteiger partial charge in [0.1, 0.15) is 0 Å². The molecule has 1 aliphatic heterocycles. The van der Waals surface area contributed by atoms with Crippen LogP contribution in [0.5, 0.6) is 0 Å². The molecule has 2 heterocycles. The first-order valence-electron chi connectivity index (χ1n) is 9.70. The van der Waals surface area contributed by atoms with E-state index in [0.29, 0.717) is 19.6 Å². The summed E-state index contributed by atoms with van der Waals surface area (Å²) in [5.74, 6) is -0.175. The summed E-state index contributed by atoms with van der Waals surface area (Å²) in [4.78, 5) is 26.6. The lowest BCUT2D eigenvalue weighted by Crippen LogP contribution is -2.56. The number of carbonyl (C=O) groups is 2. The molecule has 0 bridgehead atoms. The number of amides is 2. The zero-order valence-corrected chi connectivity index (χ0v) is 16.0. The van der Waals surface area contributed by atoms with Crippen LogP contribution in [0.1, 0.15) is 18.4 Å². The van der Waals surface area contributed by atoms with E-state index in [0.717, 1.165) is 25.1 Å². The van der Waals surface area contributed by atoms with Crippen molar-refractivity contribution in [1.29, 1.82) is 0 Å². The molecule has 3 rings (SSSR count). The molecule has 1 atom stereocenters. The van der Waals surface area contributed by atoms with Crippen LogP contribution in [0.3, 0.4) is 0 Å². The summed E-state index contributed by atoms with van der Waals surface area (Å²) in [6.45, 7) is 3.32. The maximum absolute atomic E-state index is 12.3. The summed E-state index contributed by atoms with van der Waals surface area (Å²) < 4.78 is 1.83. The van der Waals surface area contributed by atoms with E-state index in [1.54, 1.807) is 6.20 Å². The average molecular weight is 381 g/mol. The quantitative estimate of drug-likeness (QED) is 0.642. The van der Waals surface area contributed by atoms with E-state index in [4.69, 9.17) is 0 Å². The third-order valence-electron chi connectivity index (χ3n) is 4.72. The minimum absolute atomic E-state index is 0.0777. The summed E-state index contributed by atoms with van der Waals surface area (Å²) >= 11 is 0. The number of nitrogens with zero attached hydrogens (tertiary/aromatic N) is 3. The Morgan fingerprint density at radius 1 is 1.29 bits per heavy atom. The summed E-state index contributed by atoms with van der Waals surface area (Å²) in [6, 6.07) is 11.5. The first-order chi connectivity index (χ1) is 13.7. The molecule has 2 aromatic rings. The molecule has 2 amide bonds. The fourth-order valence-electron chi connectivity index (χ4n) is 3.24. The van der Waals surface area contributed by atoms with Gasteiger partial charge in [0, 0.05) is 45.1 Å². The number of aryl methyl sites for hydroxylation is 1. The lowest BCUT2D eigenvalue weighted by Gasteiger charge is -2.33. The molecule has 0 radical (unpaired) electrons. The van der Waals surface area contributed by atoms with E-state index in [1.165, 1.54) is 0 Å². The Bertz CT molecular complexity index is 773. The van der Waals surface area contributed by atoms with Gasteiger partial charge in [-0.05, 0) is 18.1 Å². The second-order valence-electron chi connectivity index (χ2n) is 6.79. The van der Waals surface area contributed by atoms with E-state index in [-0.39, 0.29) is 18.2 Å². The number of benzene rings is 1. The van der Waals surface area contributed by atoms with Gasteiger partial charge in [0.05, 0.1) is 12.5 Å². The predicted molar refractivity (Wildman–Crippen MR) is 108 cm³/mol. The van der Waals surface area contributed by atoms with Crippen LogP contribution >= 0.6 is 0 Å². The lowest BCUT2D eigenvalue weighted by molar-refractivity contribution is -0.133. The third kappa shape index (κ3) is 6.06. The average Bonchev–Trinajstić information content (AvgIpc) is 3.22. The van der Waals surface area contributed by atoms with Gasteiger partial charge in [-0.1, -0.05) is 42.5 Å². The van der Waals surface area contributed by atoms with Crippen molar-refractivity contribution in [3.8, 4) is 0 Å². The standard InChI is InChI=1S/C21H27N5O2/c27-20(22-10-5-14-26-15-6-11-24-26)17-19-21(28)23-12-16-25(19)13-4-9-18-7-2-1-3-8-18/h1-4,6-9,11,15,19H,5,10,12-14,16-17H2,(H,22,27)(H,23,28)/b9-4+. The smallest absolute Gasteiger partial charge is 0.237 e. The Morgan fingerprint density at radius 2 is 2.14 bits per heavy atom. The highest BCUT2D eigenvalue weighted by molar-refractivity contribution is 5.88. The highest BCUT2D eigenvalue weighted by Crippen LogP contribution is 2.10. The van der Waals surface area contributed by atoms with Crippen LogP contribution in [0.4, 0.5) is 0 Å². The van der Waals surface area contributed by atoms with Crippen LogP contribution in [0.25, 0.3) is 6.08 Å². The van der Waals surface area contributed by atoms with Crippen molar-refractivity contribution < 1.29 is 9.59 Å². The Labute approximate surface area is 165 Å². The van der Waals surface area contributed by atoms with Crippen LogP contribution < -0.4 is 10.6 Å². The molecule has 2 N–H and O–H groups in total. The molecule has 0 spiro atoms. The van der Waals surface area contributed by atoms with Crippen molar-refractivity contribution in [3.05, 3.63) is 60.4 Å². The monoisotopic (exact) mass is 381 g/mol. The number of aromatic nitrogens is 2. The maximum atomic E-state index is 12.3. The number of hydrogen-bond acceptors (Lipinski definition) is 4. The van der Waals surface area contributed by atoms with Crippen LogP contribution in [0, 0.1) is 0 Å². The van der Waals surface area contributed by atoms with Gasteiger partial charge >= 0.3 is 0 Å². The van der Waals surface area contributed by atoms with Gasteiger partial charge in [-0.15, -0.1) is 0 Å². The van der Waals surface area contributed by atoms with Gasteiger partial charge in [0.15, 0.2) is 0 Å². The minimum Gasteiger partial charge on any atom is -0.356 e. The fourth-order valence-corrected chi connectivity index (χ4v) is 3.24. The number of carbonyl (C=O) groups excluding carboxylic acids is 2. The lowest BCUT2D eigenvalue weighted by atomic mass is 10.1. The number of hydrogen-bond donors (Lipinski definition) is 2. The van der Waals surface area contributed by atoms with E-state index in [2.05, 4.69) is 20.6 Å². The normalized spacial score (nSPS) is 17.6. The number of rotatable bonds is 9. The molecule has 7 heteroatoms. The van der Waals surface area contributed by atoms with Crippen molar-refractivity contribution in [2.75, 3.05) is 26.2 Å². The fraction of sp³-hybridized carbons (Fsp3) is 0.381. The first-order valence-corrected chi connectivity index (χ1v) is 9.70. The van der Waals surface area contributed by atoms with Gasteiger partial charge in [-0.25, -0.2) is 0 Å². The molecule has 7 nitrogen and oxygen atoms in total. The number of nitrogens with one attached hydrogen (secondary N) is 2. The van der Waals surface area contributed by atoms with E-state index < -0.39 is 6.04 Å². The number of piperazine rings is 1. The SMILES string of the molecule is O=C(CC1C(=O)NCCN1C/C=C/c1ccccc1)NCCCn1cccn1. The van der Waals surface area contributed by atoms with Gasteiger partial charge < -0.3 is 10.6 Å². The van der Waals surface area contributed by atoms with Crippen molar-refractivity contribution in [1.82, 2.24) is 25.3 Å². The molecule has 148 valence electrons. The van der Waals surface area contributed by atoms with Crippen molar-refractivity contribution in [2.45, 2.75) is 25.4 Å². The maximum Gasteiger partial charge on any atom is 0.237 e. The summed E-state index contributed by atoms with van der Waals surface area (Å²) in [6.07, 6.45) is 8.69. The zero-order valence-electron chi connectivity index (χ0n) is 16.0. The van der Waals surface area contributed by atoms with Crippen LogP contribution in [0.2, 0.25) is 0 Å². The van der Waals surface area contributed by atoms with Crippen molar-refractivity contribution in [3.63, 3.8) is 0 Å². The molecule has 1 unspecified atom stereocenters. The first kappa shape index (κ1) is 19.8. The predicted octanol–water partition coefficient (Wildman–Crippen LogP) is 1.29. The second-order valence-corrected chi connectivity index (χ2v) is 6.79. The molecule has 28 heavy (non-hydrogen) atoms. The Morgan fingerprint density at radius 3 is 2.93 bits per heavy atom. The molecule has 0 saturated carbocycles. The van der Waals surface area contributed by atoms with Crippen LogP contribution in [-0.4, -0.2) is 58.7 Å². The molecule has 1 aromatic carbocycles. The highest BCUT2D eigenvalue weighted by atomic mass is 16.2. The minimum atomic E-state index is -0.430. The van der Waals surface area contributed by atoms with Crippen LogP contribution in [0.15, 0.2) is 54.9 Å². The Hall–Kier alpha value is -2.93. The Kier molecular flexibility index (Phi) is 7.37. The largest absolute Gasteiger partial charge is 0.356 e. The molecule has 1 fully saturated rings. The van der Waals surface area contributed by atoms with Gasteiger partial charge in [0.25, 0.3) is 0 Å². The molecule has 1 aromatic heterocycles. The zero-order chi connectivity index (χ0) is 19.6. The molecular formula is C21H27N5O2. The summed E-state index contributed by atoms with van der Waals surface area (Å²) in [7, 11) is 0. The topological polar surface area (TPSA) is 79.3 Å². The van der Waals surface area contributed by atoms with E-state index in [1.807, 2.05) is 59.4 Å². The summed E-state index contributed by atoms with van der Waals surface area (Å²) in [5, 5.41) is 9.91. The van der Waals surface area contributed by atoms with Gasteiger partial charge in [-0.3, -0.25) is 19.2 Å². The molecule has 1 aliphatic rings. The highest BCUT2D eigenvalue weighted by Gasteiger charge is 2.30. The summed E-state index contributed by atoms with van der Waals surface area (Å²) in [5.41, 5.74) is 1.12. The van der Waals surface area contributed by atoms with E-state index >= 15 is 0 Å². The van der Waals surface area contributed by atoms with Crippen molar-refractivity contribution >= 4 is 17.9 Å². The van der Waals surface area contributed by atoms with Crippen LogP contribution in [-0.2, 0) is 16.1 Å². The third-order valence-corrected chi connectivity index (χ3v) is 4.72. The molecule has 1 saturated heterocycles. The van der Waals surface area contributed by atoms with Gasteiger partial charge in [-0.2, -0.15) is 5.10 Å². The van der Waals surface area contributed by atoms with E-state index in [9.17, 15) is 9.59 Å². The molecule has 0 aliphatic carbocycles. The van der Waals surface area contributed by atoms with Crippen molar-refractivity contribution in [2.24, 2.45) is 0 Å². The second kappa shape index (κ2) is 10.4. The molecular weight excluding hydrogens is 354 g/mol. The Balaban J connectivity index is 1.45.